The van der Waals surface area contributed by atoms with Crippen LogP contribution in [-0.4, -0.2) is 30.9 Å². The molecule has 2 aromatic carbocycles. The summed E-state index contributed by atoms with van der Waals surface area (Å²) in [5.74, 6) is -1.04. The SMILES string of the molecule is Cc1cc(NCC(=O)NC(=O)Nc2ccccc2F)ccc1N1CCCC1=O. The maximum atomic E-state index is 13.5. The average molecular weight is 384 g/mol. The lowest BCUT2D eigenvalue weighted by atomic mass is 10.1. The average Bonchev–Trinajstić information content (AvgIpc) is 3.08. The van der Waals surface area contributed by atoms with Gasteiger partial charge in [0.05, 0.1) is 12.2 Å². The zero-order valence-corrected chi connectivity index (χ0v) is 15.4. The van der Waals surface area contributed by atoms with Gasteiger partial charge in [0, 0.05) is 24.3 Å². The van der Waals surface area contributed by atoms with Crippen LogP contribution in [0.1, 0.15) is 18.4 Å². The number of carbonyl (C=O) groups excluding carboxylic acids is 3. The van der Waals surface area contributed by atoms with E-state index >= 15 is 0 Å². The largest absolute Gasteiger partial charge is 0.376 e. The molecule has 1 fully saturated rings. The van der Waals surface area contributed by atoms with E-state index < -0.39 is 17.8 Å². The van der Waals surface area contributed by atoms with Crippen molar-refractivity contribution in [3.8, 4) is 0 Å². The van der Waals surface area contributed by atoms with Gasteiger partial charge in [-0.05, 0) is 49.2 Å². The van der Waals surface area contributed by atoms with Crippen LogP contribution in [0.25, 0.3) is 0 Å². The number of anilines is 3. The van der Waals surface area contributed by atoms with Gasteiger partial charge in [-0.15, -0.1) is 0 Å². The molecule has 0 aliphatic carbocycles. The van der Waals surface area contributed by atoms with Crippen molar-refractivity contribution < 1.29 is 18.8 Å². The number of carbonyl (C=O) groups is 3. The molecule has 0 saturated carbocycles. The zero-order chi connectivity index (χ0) is 20.1. The van der Waals surface area contributed by atoms with E-state index in [1.807, 2.05) is 19.1 Å². The Kier molecular flexibility index (Phi) is 5.88. The monoisotopic (exact) mass is 384 g/mol. The van der Waals surface area contributed by atoms with Gasteiger partial charge in [0.2, 0.25) is 11.8 Å². The molecule has 0 aromatic heterocycles. The third kappa shape index (κ3) is 4.64. The van der Waals surface area contributed by atoms with Crippen molar-refractivity contribution in [3.63, 3.8) is 0 Å². The molecule has 1 saturated heterocycles. The first-order valence-electron chi connectivity index (χ1n) is 8.94. The number of amides is 4. The van der Waals surface area contributed by atoms with Crippen LogP contribution in [0.15, 0.2) is 42.5 Å². The fraction of sp³-hybridized carbons (Fsp3) is 0.250. The maximum Gasteiger partial charge on any atom is 0.326 e. The first-order chi connectivity index (χ1) is 13.4. The molecule has 0 spiro atoms. The highest BCUT2D eigenvalue weighted by atomic mass is 19.1. The molecule has 28 heavy (non-hydrogen) atoms. The normalized spacial score (nSPS) is 13.4. The Morgan fingerprint density at radius 1 is 1.18 bits per heavy atom. The number of halogens is 1. The summed E-state index contributed by atoms with van der Waals surface area (Å²) in [5, 5.41) is 7.34. The van der Waals surface area contributed by atoms with Gasteiger partial charge < -0.3 is 15.5 Å². The van der Waals surface area contributed by atoms with Crippen molar-refractivity contribution in [3.05, 3.63) is 53.8 Å². The molecule has 0 atom stereocenters. The zero-order valence-electron chi connectivity index (χ0n) is 15.4. The van der Waals surface area contributed by atoms with E-state index in [9.17, 15) is 18.8 Å². The molecule has 1 aliphatic rings. The van der Waals surface area contributed by atoms with Gasteiger partial charge in [-0.2, -0.15) is 0 Å². The van der Waals surface area contributed by atoms with E-state index in [1.54, 1.807) is 17.0 Å². The third-order valence-electron chi connectivity index (χ3n) is 4.39. The molecule has 1 aliphatic heterocycles. The number of urea groups is 1. The van der Waals surface area contributed by atoms with Crippen molar-refractivity contribution in [2.75, 3.05) is 28.6 Å². The van der Waals surface area contributed by atoms with Crippen molar-refractivity contribution in [1.82, 2.24) is 5.32 Å². The van der Waals surface area contributed by atoms with E-state index in [-0.39, 0.29) is 18.1 Å². The van der Waals surface area contributed by atoms with E-state index in [0.717, 1.165) is 17.7 Å². The smallest absolute Gasteiger partial charge is 0.326 e. The molecule has 1 heterocycles. The van der Waals surface area contributed by atoms with Gasteiger partial charge in [-0.3, -0.25) is 14.9 Å². The second-order valence-electron chi connectivity index (χ2n) is 6.49. The van der Waals surface area contributed by atoms with Crippen LogP contribution in [0.3, 0.4) is 0 Å². The molecule has 3 rings (SSSR count). The number of hydrogen-bond donors (Lipinski definition) is 3. The van der Waals surface area contributed by atoms with E-state index in [0.29, 0.717) is 18.7 Å². The van der Waals surface area contributed by atoms with Crippen LogP contribution in [0, 0.1) is 12.7 Å². The predicted octanol–water partition coefficient (Wildman–Crippen LogP) is 3.02. The topological polar surface area (TPSA) is 90.5 Å². The van der Waals surface area contributed by atoms with Crippen LogP contribution >= 0.6 is 0 Å². The Bertz CT molecular complexity index is 916. The van der Waals surface area contributed by atoms with Gasteiger partial charge >= 0.3 is 6.03 Å². The minimum Gasteiger partial charge on any atom is -0.376 e. The summed E-state index contributed by atoms with van der Waals surface area (Å²) in [6.07, 6.45) is 1.42. The summed E-state index contributed by atoms with van der Waals surface area (Å²) in [4.78, 5) is 37.4. The Labute approximate surface area is 161 Å². The summed E-state index contributed by atoms with van der Waals surface area (Å²) in [6, 6.07) is 10.3. The number of benzene rings is 2. The van der Waals surface area contributed by atoms with Crippen LogP contribution in [0.4, 0.5) is 26.2 Å². The molecule has 3 N–H and O–H groups in total. The number of nitrogens with one attached hydrogen (secondary N) is 3. The molecule has 0 bridgehead atoms. The van der Waals surface area contributed by atoms with Gasteiger partial charge in [-0.1, -0.05) is 12.1 Å². The lowest BCUT2D eigenvalue weighted by Crippen LogP contribution is -2.38. The highest BCUT2D eigenvalue weighted by molar-refractivity contribution is 6.02. The number of nitrogens with zero attached hydrogens (tertiary/aromatic N) is 1. The molecule has 7 nitrogen and oxygen atoms in total. The van der Waals surface area contributed by atoms with Gasteiger partial charge in [0.1, 0.15) is 5.82 Å². The number of hydrogen-bond acceptors (Lipinski definition) is 4. The summed E-state index contributed by atoms with van der Waals surface area (Å²) in [6.45, 7) is 2.48. The highest BCUT2D eigenvalue weighted by Crippen LogP contribution is 2.27. The fourth-order valence-corrected chi connectivity index (χ4v) is 3.04. The van der Waals surface area contributed by atoms with Crippen molar-refractivity contribution in [1.29, 1.82) is 0 Å². The third-order valence-corrected chi connectivity index (χ3v) is 4.39. The minimum absolute atomic E-state index is 0.0107. The lowest BCUT2D eigenvalue weighted by Gasteiger charge is -2.19. The molecule has 8 heteroatoms. The van der Waals surface area contributed by atoms with E-state index in [2.05, 4.69) is 16.0 Å². The Morgan fingerprint density at radius 2 is 1.96 bits per heavy atom. The summed E-state index contributed by atoms with van der Waals surface area (Å²) < 4.78 is 13.5. The van der Waals surface area contributed by atoms with Crippen LogP contribution in [0.5, 0.6) is 0 Å². The van der Waals surface area contributed by atoms with Crippen molar-refractivity contribution >= 4 is 34.9 Å². The molecule has 0 unspecified atom stereocenters. The second kappa shape index (κ2) is 8.51. The first-order valence-corrected chi connectivity index (χ1v) is 8.94. The Balaban J connectivity index is 1.51. The van der Waals surface area contributed by atoms with E-state index in [4.69, 9.17) is 0 Å². The molecule has 2 aromatic rings. The summed E-state index contributed by atoms with van der Waals surface area (Å²) in [7, 11) is 0. The fourth-order valence-electron chi connectivity index (χ4n) is 3.04. The van der Waals surface area contributed by atoms with Gasteiger partial charge in [0.25, 0.3) is 0 Å². The van der Waals surface area contributed by atoms with Crippen LogP contribution in [-0.2, 0) is 9.59 Å². The molecular weight excluding hydrogens is 363 g/mol. The Morgan fingerprint density at radius 3 is 2.64 bits per heavy atom. The number of para-hydroxylation sites is 1. The minimum atomic E-state index is -0.809. The van der Waals surface area contributed by atoms with Crippen molar-refractivity contribution in [2.45, 2.75) is 19.8 Å². The molecule has 0 radical (unpaired) electrons. The summed E-state index contributed by atoms with van der Waals surface area (Å²) >= 11 is 0. The number of aryl methyl sites for hydroxylation is 1. The molecule has 4 amide bonds. The summed E-state index contributed by atoms with van der Waals surface area (Å²) in [5.41, 5.74) is 2.46. The lowest BCUT2D eigenvalue weighted by molar-refractivity contribution is -0.118. The van der Waals surface area contributed by atoms with Crippen LogP contribution in [0.2, 0.25) is 0 Å². The number of rotatable bonds is 5. The predicted molar refractivity (Wildman–Crippen MR) is 105 cm³/mol. The highest BCUT2D eigenvalue weighted by Gasteiger charge is 2.22. The van der Waals surface area contributed by atoms with Crippen molar-refractivity contribution in [2.24, 2.45) is 0 Å². The van der Waals surface area contributed by atoms with E-state index in [1.165, 1.54) is 18.2 Å². The van der Waals surface area contributed by atoms with Gasteiger partial charge in [0.15, 0.2) is 0 Å². The Hall–Kier alpha value is -3.42. The van der Waals surface area contributed by atoms with Gasteiger partial charge in [-0.25, -0.2) is 9.18 Å². The maximum absolute atomic E-state index is 13.5. The van der Waals surface area contributed by atoms with Crippen LogP contribution < -0.4 is 20.9 Å². The number of imide groups is 1. The quantitative estimate of drug-likeness (QED) is 0.739. The standard InChI is InChI=1S/C20H21FN4O3/c1-13-11-14(8-9-17(13)25-10-4-7-19(25)27)22-12-18(26)24-20(28)23-16-6-3-2-5-15(16)21/h2-3,5-6,8-9,11,22H,4,7,10,12H2,1H3,(H2,23,24,26,28). The molecule has 146 valence electrons. The second-order valence-corrected chi connectivity index (χ2v) is 6.49. The first kappa shape index (κ1) is 19.3. The molecular formula is C20H21FN4O3.